The zero-order chi connectivity index (χ0) is 20.6. The molecule has 2 heterocycles. The summed E-state index contributed by atoms with van der Waals surface area (Å²) in [6.45, 7) is 1.59. The fourth-order valence-electron chi connectivity index (χ4n) is 3.73. The minimum absolute atomic E-state index is 0.150. The molecule has 154 valence electrons. The summed E-state index contributed by atoms with van der Waals surface area (Å²) in [6, 6.07) is 22.3. The van der Waals surface area contributed by atoms with Gasteiger partial charge in [-0.2, -0.15) is 0 Å². The SMILES string of the molecule is O=C(NCCCCCc1nc2ccccc2n1CCc1ccccc1)c1ccco1. The first-order valence-corrected chi connectivity index (χ1v) is 10.6. The number of para-hydroxylation sites is 2. The van der Waals surface area contributed by atoms with Gasteiger partial charge in [0.15, 0.2) is 5.76 Å². The molecule has 0 unspecified atom stereocenters. The Bertz CT molecular complexity index is 1070. The molecule has 0 aliphatic heterocycles. The van der Waals surface area contributed by atoms with Crippen molar-refractivity contribution >= 4 is 16.9 Å². The average molecular weight is 402 g/mol. The maximum atomic E-state index is 11.9. The van der Waals surface area contributed by atoms with Gasteiger partial charge in [0.1, 0.15) is 5.82 Å². The summed E-state index contributed by atoms with van der Waals surface area (Å²) in [5.41, 5.74) is 3.61. The third-order valence-electron chi connectivity index (χ3n) is 5.31. The molecule has 4 aromatic rings. The number of hydrogen-bond acceptors (Lipinski definition) is 3. The van der Waals surface area contributed by atoms with Crippen LogP contribution in [0, 0.1) is 0 Å². The third kappa shape index (κ3) is 4.98. The van der Waals surface area contributed by atoms with E-state index in [0.717, 1.165) is 50.0 Å². The predicted molar refractivity (Wildman–Crippen MR) is 118 cm³/mol. The van der Waals surface area contributed by atoms with Gasteiger partial charge in [0, 0.05) is 19.5 Å². The van der Waals surface area contributed by atoms with Gasteiger partial charge < -0.3 is 14.3 Å². The van der Waals surface area contributed by atoms with Gasteiger partial charge in [-0.05, 0) is 49.1 Å². The highest BCUT2D eigenvalue weighted by Gasteiger charge is 2.11. The molecular weight excluding hydrogens is 374 g/mol. The molecule has 4 rings (SSSR count). The van der Waals surface area contributed by atoms with Crippen LogP contribution in [-0.2, 0) is 19.4 Å². The fourth-order valence-corrected chi connectivity index (χ4v) is 3.73. The summed E-state index contributed by atoms with van der Waals surface area (Å²) < 4.78 is 7.47. The van der Waals surface area contributed by atoms with Gasteiger partial charge in [0.2, 0.25) is 0 Å². The second-order valence-corrected chi connectivity index (χ2v) is 7.45. The average Bonchev–Trinajstić information content (AvgIpc) is 3.43. The van der Waals surface area contributed by atoms with Crippen molar-refractivity contribution in [1.82, 2.24) is 14.9 Å². The van der Waals surface area contributed by atoms with Crippen LogP contribution in [0.1, 0.15) is 41.2 Å². The number of hydrogen-bond donors (Lipinski definition) is 1. The van der Waals surface area contributed by atoms with Gasteiger partial charge in [-0.1, -0.05) is 48.9 Å². The van der Waals surface area contributed by atoms with Crippen molar-refractivity contribution in [3.8, 4) is 0 Å². The highest BCUT2D eigenvalue weighted by molar-refractivity contribution is 5.91. The second kappa shape index (κ2) is 9.92. The van der Waals surface area contributed by atoms with Crippen molar-refractivity contribution in [1.29, 1.82) is 0 Å². The molecule has 0 aliphatic carbocycles. The van der Waals surface area contributed by atoms with Crippen molar-refractivity contribution in [3.05, 3.63) is 90.1 Å². The van der Waals surface area contributed by atoms with E-state index in [0.29, 0.717) is 12.3 Å². The van der Waals surface area contributed by atoms with E-state index in [4.69, 9.17) is 9.40 Å². The molecule has 2 aromatic carbocycles. The van der Waals surface area contributed by atoms with E-state index in [-0.39, 0.29) is 5.91 Å². The zero-order valence-electron chi connectivity index (χ0n) is 17.1. The molecule has 1 amide bonds. The predicted octanol–water partition coefficient (Wildman–Crippen LogP) is 5.01. The van der Waals surface area contributed by atoms with Crippen LogP contribution in [0.3, 0.4) is 0 Å². The molecular formula is C25H27N3O2. The summed E-state index contributed by atoms with van der Waals surface area (Å²) in [7, 11) is 0. The molecule has 0 aliphatic rings. The zero-order valence-corrected chi connectivity index (χ0v) is 17.1. The van der Waals surface area contributed by atoms with Crippen molar-refractivity contribution in [2.75, 3.05) is 6.54 Å². The van der Waals surface area contributed by atoms with E-state index in [1.165, 1.54) is 17.3 Å². The Kier molecular flexibility index (Phi) is 6.60. The highest BCUT2D eigenvalue weighted by Crippen LogP contribution is 2.19. The molecule has 30 heavy (non-hydrogen) atoms. The van der Waals surface area contributed by atoms with Crippen LogP contribution in [0.2, 0.25) is 0 Å². The third-order valence-corrected chi connectivity index (χ3v) is 5.31. The van der Waals surface area contributed by atoms with Crippen molar-refractivity contribution in [2.24, 2.45) is 0 Å². The molecule has 2 aromatic heterocycles. The van der Waals surface area contributed by atoms with E-state index < -0.39 is 0 Å². The largest absolute Gasteiger partial charge is 0.459 e. The van der Waals surface area contributed by atoms with Gasteiger partial charge >= 0.3 is 0 Å². The molecule has 0 bridgehead atoms. The van der Waals surface area contributed by atoms with E-state index >= 15 is 0 Å². The van der Waals surface area contributed by atoms with Crippen LogP contribution in [0.25, 0.3) is 11.0 Å². The summed E-state index contributed by atoms with van der Waals surface area (Å²) in [5, 5.41) is 2.90. The van der Waals surface area contributed by atoms with E-state index in [1.807, 2.05) is 6.07 Å². The van der Waals surface area contributed by atoms with Gasteiger partial charge in [0.05, 0.1) is 17.3 Å². The first-order chi connectivity index (χ1) is 14.8. The highest BCUT2D eigenvalue weighted by atomic mass is 16.3. The van der Waals surface area contributed by atoms with Gasteiger partial charge in [0.25, 0.3) is 5.91 Å². The Hall–Kier alpha value is -3.34. The van der Waals surface area contributed by atoms with Gasteiger partial charge in [-0.15, -0.1) is 0 Å². The maximum absolute atomic E-state index is 11.9. The monoisotopic (exact) mass is 401 g/mol. The Morgan fingerprint density at radius 1 is 0.900 bits per heavy atom. The smallest absolute Gasteiger partial charge is 0.286 e. The Balaban J connectivity index is 1.30. The quantitative estimate of drug-likeness (QED) is 0.380. The summed E-state index contributed by atoms with van der Waals surface area (Å²) in [5.74, 6) is 1.36. The normalized spacial score (nSPS) is 11.1. The van der Waals surface area contributed by atoms with Crippen molar-refractivity contribution in [2.45, 2.75) is 38.6 Å². The lowest BCUT2D eigenvalue weighted by Gasteiger charge is -2.10. The van der Waals surface area contributed by atoms with Crippen LogP contribution in [0.5, 0.6) is 0 Å². The van der Waals surface area contributed by atoms with E-state index in [2.05, 4.69) is 58.4 Å². The number of imidazole rings is 1. The van der Waals surface area contributed by atoms with Crippen LogP contribution in [0.15, 0.2) is 77.4 Å². The van der Waals surface area contributed by atoms with Crippen LogP contribution in [0.4, 0.5) is 0 Å². The van der Waals surface area contributed by atoms with Crippen LogP contribution < -0.4 is 5.32 Å². The standard InChI is InChI=1S/C25H27N3O2/c29-25(23-14-9-19-30-23)26-17-8-2-5-15-24-27-21-12-6-7-13-22(21)28(24)18-16-20-10-3-1-4-11-20/h1,3-4,6-7,9-14,19H,2,5,8,15-18H2,(H,26,29). The number of aromatic nitrogens is 2. The lowest BCUT2D eigenvalue weighted by atomic mass is 10.1. The number of furan rings is 1. The Labute approximate surface area is 176 Å². The van der Waals surface area contributed by atoms with Crippen molar-refractivity contribution < 1.29 is 9.21 Å². The minimum atomic E-state index is -0.150. The maximum Gasteiger partial charge on any atom is 0.286 e. The second-order valence-electron chi connectivity index (χ2n) is 7.45. The molecule has 0 saturated carbocycles. The number of benzene rings is 2. The van der Waals surface area contributed by atoms with E-state index in [1.54, 1.807) is 12.1 Å². The lowest BCUT2D eigenvalue weighted by Crippen LogP contribution is -2.23. The molecule has 5 heteroatoms. The number of amides is 1. The number of rotatable bonds is 10. The summed E-state index contributed by atoms with van der Waals surface area (Å²) in [6.07, 6.45) is 6.48. The van der Waals surface area contributed by atoms with E-state index in [9.17, 15) is 4.79 Å². The topological polar surface area (TPSA) is 60.1 Å². The van der Waals surface area contributed by atoms with Crippen LogP contribution >= 0.6 is 0 Å². The molecule has 0 radical (unpaired) electrons. The molecule has 0 saturated heterocycles. The first-order valence-electron chi connectivity index (χ1n) is 10.6. The number of nitrogens with zero attached hydrogens (tertiary/aromatic N) is 2. The number of unbranched alkanes of at least 4 members (excludes halogenated alkanes) is 2. The first kappa shape index (κ1) is 20.0. The van der Waals surface area contributed by atoms with Crippen LogP contribution in [-0.4, -0.2) is 22.0 Å². The molecule has 1 N–H and O–H groups in total. The molecule has 0 fully saturated rings. The lowest BCUT2D eigenvalue weighted by molar-refractivity contribution is 0.0925. The Morgan fingerprint density at radius 2 is 1.73 bits per heavy atom. The number of aryl methyl sites for hydroxylation is 3. The summed E-state index contributed by atoms with van der Waals surface area (Å²) >= 11 is 0. The number of carbonyl (C=O) groups excluding carboxylic acids is 1. The van der Waals surface area contributed by atoms with Crippen molar-refractivity contribution in [3.63, 3.8) is 0 Å². The fraction of sp³-hybridized carbons (Fsp3) is 0.280. The molecule has 0 atom stereocenters. The molecule has 0 spiro atoms. The number of nitrogens with one attached hydrogen (secondary N) is 1. The number of carbonyl (C=O) groups is 1. The van der Waals surface area contributed by atoms with Gasteiger partial charge in [-0.25, -0.2) is 4.98 Å². The summed E-state index contributed by atoms with van der Waals surface area (Å²) in [4.78, 5) is 16.8. The number of fused-ring (bicyclic) bond motifs is 1. The Morgan fingerprint density at radius 3 is 2.57 bits per heavy atom. The van der Waals surface area contributed by atoms with Gasteiger partial charge in [-0.3, -0.25) is 4.79 Å². The minimum Gasteiger partial charge on any atom is -0.459 e. The molecule has 5 nitrogen and oxygen atoms in total.